The predicted octanol–water partition coefficient (Wildman–Crippen LogP) is 2.12. The van der Waals surface area contributed by atoms with E-state index in [-0.39, 0.29) is 0 Å². The summed E-state index contributed by atoms with van der Waals surface area (Å²) >= 11 is 0. The van der Waals surface area contributed by atoms with E-state index in [0.717, 1.165) is 0 Å². The van der Waals surface area contributed by atoms with Gasteiger partial charge in [0.15, 0.2) is 5.82 Å². The fourth-order valence-electron chi connectivity index (χ4n) is 1.04. The van der Waals surface area contributed by atoms with Crippen LogP contribution in [0, 0.1) is 5.82 Å². The fourth-order valence-corrected chi connectivity index (χ4v) is 1.04. The lowest BCUT2D eigenvalue weighted by Gasteiger charge is -2.11. The number of nitrogens with two attached hydrogens (primary N) is 1. The van der Waals surface area contributed by atoms with E-state index in [9.17, 15) is 22.4 Å². The summed E-state index contributed by atoms with van der Waals surface area (Å²) in [6.07, 6.45) is -4.93. The first-order chi connectivity index (χ1) is 6.75. The van der Waals surface area contributed by atoms with Crippen LogP contribution in [0.4, 0.5) is 23.2 Å². The van der Waals surface area contributed by atoms with Crippen LogP contribution in [0.3, 0.4) is 0 Å². The second-order valence-corrected chi connectivity index (χ2v) is 2.69. The lowest BCUT2D eigenvalue weighted by molar-refractivity contribution is -0.138. The number of hydrogen-bond acceptors (Lipinski definition) is 2. The Morgan fingerprint density at radius 3 is 2.27 bits per heavy atom. The standard InChI is InChI=1S/C8H5F4NO2/c9-6-4(13)2-1-3(8(10,11)12)5(6)7(14)15/h1-2H,13H2,(H,14,15). The van der Waals surface area contributed by atoms with Gasteiger partial charge in [0, 0.05) is 0 Å². The fraction of sp³-hybridized carbons (Fsp3) is 0.125. The average Bonchev–Trinajstić information content (AvgIpc) is 2.06. The van der Waals surface area contributed by atoms with Crippen LogP contribution in [0.1, 0.15) is 15.9 Å². The van der Waals surface area contributed by atoms with Gasteiger partial charge in [0.25, 0.3) is 0 Å². The van der Waals surface area contributed by atoms with Crippen molar-refractivity contribution in [2.24, 2.45) is 0 Å². The lowest BCUT2D eigenvalue weighted by Crippen LogP contribution is -2.15. The van der Waals surface area contributed by atoms with Gasteiger partial charge in [-0.1, -0.05) is 0 Å². The number of aromatic carboxylic acids is 1. The van der Waals surface area contributed by atoms with Gasteiger partial charge >= 0.3 is 12.1 Å². The van der Waals surface area contributed by atoms with Crippen molar-refractivity contribution in [1.29, 1.82) is 0 Å². The van der Waals surface area contributed by atoms with Crippen LogP contribution in [0.25, 0.3) is 0 Å². The molecule has 0 amide bonds. The third kappa shape index (κ3) is 2.00. The number of hydrogen-bond donors (Lipinski definition) is 2. The van der Waals surface area contributed by atoms with Crippen LogP contribution in [-0.4, -0.2) is 11.1 Å². The minimum absolute atomic E-state index is 0.432. The zero-order chi connectivity index (χ0) is 11.8. The first-order valence-electron chi connectivity index (χ1n) is 3.63. The number of benzene rings is 1. The quantitative estimate of drug-likeness (QED) is 0.566. The third-order valence-electron chi connectivity index (χ3n) is 1.69. The Balaban J connectivity index is 3.55. The third-order valence-corrected chi connectivity index (χ3v) is 1.69. The van der Waals surface area contributed by atoms with Crippen molar-refractivity contribution in [3.05, 3.63) is 29.1 Å². The number of nitrogen functional groups attached to an aromatic ring is 1. The Kier molecular flexibility index (Phi) is 2.57. The van der Waals surface area contributed by atoms with Crippen molar-refractivity contribution in [1.82, 2.24) is 0 Å². The lowest BCUT2D eigenvalue weighted by atomic mass is 10.1. The van der Waals surface area contributed by atoms with Crippen LogP contribution in [0.15, 0.2) is 12.1 Å². The Morgan fingerprint density at radius 1 is 1.33 bits per heavy atom. The van der Waals surface area contributed by atoms with Crippen molar-refractivity contribution in [2.75, 3.05) is 5.73 Å². The summed E-state index contributed by atoms with van der Waals surface area (Å²) in [7, 11) is 0. The van der Waals surface area contributed by atoms with Crippen LogP contribution in [-0.2, 0) is 6.18 Å². The molecule has 0 unspecified atom stereocenters. The highest BCUT2D eigenvalue weighted by molar-refractivity contribution is 5.91. The molecule has 0 radical (unpaired) electrons. The van der Waals surface area contributed by atoms with E-state index in [1.165, 1.54) is 0 Å². The van der Waals surface area contributed by atoms with Gasteiger partial charge in [-0.05, 0) is 12.1 Å². The SMILES string of the molecule is Nc1ccc(C(F)(F)F)c(C(=O)O)c1F. The van der Waals surface area contributed by atoms with Crippen molar-refractivity contribution in [3.8, 4) is 0 Å². The summed E-state index contributed by atoms with van der Waals surface area (Å²) in [4.78, 5) is 10.4. The number of carboxylic acids is 1. The molecule has 0 saturated carbocycles. The molecule has 0 bridgehead atoms. The second kappa shape index (κ2) is 3.41. The number of carboxylic acid groups (broad SMARTS) is 1. The van der Waals surface area contributed by atoms with Crippen LogP contribution < -0.4 is 5.73 Å². The molecule has 0 aliphatic rings. The zero-order valence-corrected chi connectivity index (χ0v) is 7.10. The molecule has 0 fully saturated rings. The molecule has 1 aromatic rings. The molecular formula is C8H5F4NO2. The van der Waals surface area contributed by atoms with Gasteiger partial charge in [-0.2, -0.15) is 13.2 Å². The van der Waals surface area contributed by atoms with E-state index < -0.39 is 34.8 Å². The molecule has 0 heterocycles. The maximum atomic E-state index is 13.0. The summed E-state index contributed by atoms with van der Waals surface area (Å²) in [6.45, 7) is 0. The molecule has 3 N–H and O–H groups in total. The molecule has 0 aromatic heterocycles. The summed E-state index contributed by atoms with van der Waals surface area (Å²) < 4.78 is 49.8. The number of alkyl halides is 3. The Hall–Kier alpha value is -1.79. The van der Waals surface area contributed by atoms with Crippen molar-refractivity contribution in [2.45, 2.75) is 6.18 Å². The minimum Gasteiger partial charge on any atom is -0.478 e. The van der Waals surface area contributed by atoms with Crippen LogP contribution >= 0.6 is 0 Å². The maximum absolute atomic E-state index is 13.0. The number of halogens is 4. The van der Waals surface area contributed by atoms with Crippen molar-refractivity contribution >= 4 is 11.7 Å². The van der Waals surface area contributed by atoms with E-state index in [2.05, 4.69) is 0 Å². The molecule has 7 heteroatoms. The summed E-state index contributed by atoms with van der Waals surface area (Å²) in [6, 6.07) is 1.10. The van der Waals surface area contributed by atoms with Gasteiger partial charge in [-0.3, -0.25) is 0 Å². The van der Waals surface area contributed by atoms with E-state index in [1.54, 1.807) is 0 Å². The normalized spacial score (nSPS) is 11.5. The Morgan fingerprint density at radius 2 is 1.87 bits per heavy atom. The number of rotatable bonds is 1. The number of carbonyl (C=O) groups is 1. The molecule has 0 saturated heterocycles. The second-order valence-electron chi connectivity index (χ2n) is 2.69. The van der Waals surface area contributed by atoms with Crippen molar-refractivity contribution < 1.29 is 27.5 Å². The Bertz CT molecular complexity index is 414. The first-order valence-corrected chi connectivity index (χ1v) is 3.63. The molecule has 0 aliphatic carbocycles. The van der Waals surface area contributed by atoms with E-state index in [1.807, 2.05) is 0 Å². The average molecular weight is 223 g/mol. The zero-order valence-electron chi connectivity index (χ0n) is 7.10. The molecule has 0 atom stereocenters. The summed E-state index contributed by atoms with van der Waals surface area (Å²) in [5.41, 5.74) is 1.32. The van der Waals surface area contributed by atoms with E-state index in [0.29, 0.717) is 12.1 Å². The smallest absolute Gasteiger partial charge is 0.417 e. The first kappa shape index (κ1) is 11.3. The maximum Gasteiger partial charge on any atom is 0.417 e. The molecule has 0 spiro atoms. The van der Waals surface area contributed by atoms with E-state index >= 15 is 0 Å². The van der Waals surface area contributed by atoms with Gasteiger partial charge in [0.05, 0.1) is 11.3 Å². The number of anilines is 1. The minimum atomic E-state index is -4.93. The Labute approximate surface area is 81.1 Å². The van der Waals surface area contributed by atoms with Crippen LogP contribution in [0.5, 0.6) is 0 Å². The topological polar surface area (TPSA) is 63.3 Å². The molecule has 82 valence electrons. The molecular weight excluding hydrogens is 218 g/mol. The van der Waals surface area contributed by atoms with Gasteiger partial charge in [-0.15, -0.1) is 0 Å². The highest BCUT2D eigenvalue weighted by atomic mass is 19.4. The van der Waals surface area contributed by atoms with Gasteiger partial charge < -0.3 is 10.8 Å². The van der Waals surface area contributed by atoms with Crippen molar-refractivity contribution in [3.63, 3.8) is 0 Å². The summed E-state index contributed by atoms with van der Waals surface area (Å²) in [5.74, 6) is -3.58. The van der Waals surface area contributed by atoms with Gasteiger partial charge in [-0.25, -0.2) is 9.18 Å². The predicted molar refractivity (Wildman–Crippen MR) is 42.8 cm³/mol. The highest BCUT2D eigenvalue weighted by Gasteiger charge is 2.37. The molecule has 15 heavy (non-hydrogen) atoms. The molecule has 0 aliphatic heterocycles. The van der Waals surface area contributed by atoms with Gasteiger partial charge in [0.1, 0.15) is 5.56 Å². The molecule has 1 rings (SSSR count). The largest absolute Gasteiger partial charge is 0.478 e. The highest BCUT2D eigenvalue weighted by Crippen LogP contribution is 2.34. The summed E-state index contributed by atoms with van der Waals surface area (Å²) in [5, 5.41) is 8.44. The molecule has 3 nitrogen and oxygen atoms in total. The van der Waals surface area contributed by atoms with E-state index in [4.69, 9.17) is 10.8 Å². The molecule has 1 aromatic carbocycles. The monoisotopic (exact) mass is 223 g/mol. The van der Waals surface area contributed by atoms with Crippen LogP contribution in [0.2, 0.25) is 0 Å². The van der Waals surface area contributed by atoms with Gasteiger partial charge in [0.2, 0.25) is 0 Å².